The molecule has 1 atom stereocenters. The number of aromatic nitrogens is 2. The van der Waals surface area contributed by atoms with Gasteiger partial charge in [-0.05, 0) is 19.8 Å². The number of piperidine rings is 1. The molecular weight excluding hydrogens is 320 g/mol. The van der Waals surface area contributed by atoms with Crippen molar-refractivity contribution in [2.24, 2.45) is 5.41 Å². The van der Waals surface area contributed by atoms with Crippen LogP contribution in [0.25, 0.3) is 0 Å². The second-order valence-corrected chi connectivity index (χ2v) is 7.91. The van der Waals surface area contributed by atoms with E-state index >= 15 is 0 Å². The lowest BCUT2D eigenvalue weighted by molar-refractivity contribution is -0.140. The van der Waals surface area contributed by atoms with E-state index in [1.165, 1.54) is 4.90 Å². The minimum absolute atomic E-state index is 0.0284. The lowest BCUT2D eigenvalue weighted by Gasteiger charge is -2.35. The summed E-state index contributed by atoms with van der Waals surface area (Å²) in [6.07, 6.45) is 4.80. The summed E-state index contributed by atoms with van der Waals surface area (Å²) in [5, 5.41) is 0. The second kappa shape index (κ2) is 6.61. The van der Waals surface area contributed by atoms with Crippen LogP contribution in [-0.2, 0) is 9.53 Å². The molecule has 2 fully saturated rings. The molecule has 2 aliphatic heterocycles. The first-order chi connectivity index (χ1) is 11.8. The van der Waals surface area contributed by atoms with Crippen LogP contribution in [0, 0.1) is 5.41 Å². The third-order valence-electron chi connectivity index (χ3n) is 4.83. The third-order valence-corrected chi connectivity index (χ3v) is 4.83. The predicted molar refractivity (Wildman–Crippen MR) is 93.3 cm³/mol. The van der Waals surface area contributed by atoms with Crippen molar-refractivity contribution in [3.05, 3.63) is 18.1 Å². The average molecular weight is 346 g/mol. The zero-order chi connectivity index (χ0) is 18.2. The van der Waals surface area contributed by atoms with Crippen LogP contribution in [-0.4, -0.2) is 52.6 Å². The molecule has 0 aliphatic carbocycles. The van der Waals surface area contributed by atoms with E-state index in [0.717, 1.165) is 31.6 Å². The van der Waals surface area contributed by atoms with Crippen molar-refractivity contribution in [1.82, 2.24) is 14.9 Å². The Bertz CT molecular complexity index is 645. The van der Waals surface area contributed by atoms with Crippen LogP contribution in [0.5, 0.6) is 0 Å². The monoisotopic (exact) mass is 346 g/mol. The lowest BCUT2D eigenvalue weighted by atomic mass is 9.90. The molecule has 2 aliphatic rings. The summed E-state index contributed by atoms with van der Waals surface area (Å²) in [6.45, 7) is 9.66. The van der Waals surface area contributed by atoms with Gasteiger partial charge in [0, 0.05) is 24.4 Å². The molecule has 7 heteroatoms. The molecule has 3 heterocycles. The average Bonchev–Trinajstić information content (AvgIpc) is 2.92. The number of hydrogen-bond donors (Lipinski definition) is 0. The maximum absolute atomic E-state index is 12.4. The Morgan fingerprint density at radius 1 is 1.20 bits per heavy atom. The molecule has 0 aromatic carbocycles. The molecular formula is C18H26N4O3. The Morgan fingerprint density at radius 3 is 2.36 bits per heavy atom. The quantitative estimate of drug-likeness (QED) is 0.823. The first kappa shape index (κ1) is 17.6. The Hall–Kier alpha value is -2.18. The van der Waals surface area contributed by atoms with Gasteiger partial charge in [0.15, 0.2) is 5.82 Å². The van der Waals surface area contributed by atoms with E-state index in [4.69, 9.17) is 4.74 Å². The summed E-state index contributed by atoms with van der Waals surface area (Å²) in [5.74, 6) is 1.03. The summed E-state index contributed by atoms with van der Waals surface area (Å²) in [7, 11) is 0. The van der Waals surface area contributed by atoms with Gasteiger partial charge in [-0.25, -0.2) is 9.78 Å². The van der Waals surface area contributed by atoms with Crippen molar-refractivity contribution in [2.45, 2.75) is 52.5 Å². The highest BCUT2D eigenvalue weighted by atomic mass is 16.6. The zero-order valence-electron chi connectivity index (χ0n) is 15.4. The van der Waals surface area contributed by atoms with Gasteiger partial charge in [0.1, 0.15) is 6.61 Å². The van der Waals surface area contributed by atoms with E-state index in [-0.39, 0.29) is 23.5 Å². The fourth-order valence-corrected chi connectivity index (χ4v) is 3.35. The zero-order valence-corrected chi connectivity index (χ0v) is 15.4. The van der Waals surface area contributed by atoms with Crippen LogP contribution in [0.2, 0.25) is 0 Å². The predicted octanol–water partition coefficient (Wildman–Crippen LogP) is 2.57. The van der Waals surface area contributed by atoms with Crippen molar-refractivity contribution in [1.29, 1.82) is 0 Å². The molecule has 25 heavy (non-hydrogen) atoms. The Morgan fingerprint density at radius 2 is 1.88 bits per heavy atom. The summed E-state index contributed by atoms with van der Waals surface area (Å²) in [6, 6.07) is -0.0284. The van der Waals surface area contributed by atoms with E-state index < -0.39 is 0 Å². The number of nitrogens with zero attached hydrogens (tertiary/aromatic N) is 4. The molecule has 0 saturated carbocycles. The molecule has 7 nitrogen and oxygen atoms in total. The minimum Gasteiger partial charge on any atom is -0.447 e. The van der Waals surface area contributed by atoms with Crippen molar-refractivity contribution in [3.63, 3.8) is 0 Å². The van der Waals surface area contributed by atoms with E-state index in [9.17, 15) is 9.59 Å². The largest absolute Gasteiger partial charge is 0.447 e. The molecule has 3 rings (SSSR count). The highest BCUT2D eigenvalue weighted by molar-refractivity contribution is 5.88. The maximum atomic E-state index is 12.4. The first-order valence-electron chi connectivity index (χ1n) is 8.84. The molecule has 2 saturated heterocycles. The van der Waals surface area contributed by atoms with Gasteiger partial charge in [0.05, 0.1) is 24.1 Å². The van der Waals surface area contributed by atoms with Crippen LogP contribution in [0.15, 0.2) is 12.4 Å². The van der Waals surface area contributed by atoms with Crippen LogP contribution < -0.4 is 4.90 Å². The normalized spacial score (nSPS) is 22.2. The fraction of sp³-hybridized carbons (Fsp3) is 0.667. The maximum Gasteiger partial charge on any atom is 0.415 e. The number of hydrogen-bond acceptors (Lipinski definition) is 5. The van der Waals surface area contributed by atoms with Gasteiger partial charge in [-0.1, -0.05) is 20.8 Å². The number of anilines is 1. The van der Waals surface area contributed by atoms with Gasteiger partial charge >= 0.3 is 6.09 Å². The molecule has 2 amide bonds. The van der Waals surface area contributed by atoms with E-state index in [1.807, 2.05) is 32.6 Å². The van der Waals surface area contributed by atoms with Crippen molar-refractivity contribution in [3.8, 4) is 0 Å². The lowest BCUT2D eigenvalue weighted by Crippen LogP contribution is -2.43. The summed E-state index contributed by atoms with van der Waals surface area (Å²) < 4.78 is 5.02. The number of cyclic esters (lactones) is 1. The molecule has 1 aromatic heterocycles. The molecule has 0 radical (unpaired) electrons. The van der Waals surface area contributed by atoms with E-state index in [0.29, 0.717) is 18.3 Å². The van der Waals surface area contributed by atoms with Crippen LogP contribution >= 0.6 is 0 Å². The van der Waals surface area contributed by atoms with Gasteiger partial charge < -0.3 is 9.64 Å². The highest BCUT2D eigenvalue weighted by Gasteiger charge is 2.33. The van der Waals surface area contributed by atoms with Gasteiger partial charge in [-0.15, -0.1) is 0 Å². The minimum atomic E-state index is -0.372. The van der Waals surface area contributed by atoms with Gasteiger partial charge in [-0.2, -0.15) is 0 Å². The standard InChI is InChI=1S/C18H26N4O3/c1-12-11-25-17(24)22(12)15-10-19-14(9-20-15)13-5-7-21(8-6-13)16(23)18(2,3)4/h9-10,12-13H,5-8,11H2,1-4H3/t12-/m0/s1. The van der Waals surface area contributed by atoms with Crippen LogP contribution in [0.4, 0.5) is 10.6 Å². The number of carbonyl (C=O) groups excluding carboxylic acids is 2. The molecule has 1 aromatic rings. The Balaban J connectivity index is 1.63. The van der Waals surface area contributed by atoms with Crippen molar-refractivity contribution < 1.29 is 14.3 Å². The summed E-state index contributed by atoms with van der Waals surface area (Å²) >= 11 is 0. The smallest absolute Gasteiger partial charge is 0.415 e. The molecule has 0 N–H and O–H groups in total. The summed E-state index contributed by atoms with van der Waals surface area (Å²) in [4.78, 5) is 36.5. The second-order valence-electron chi connectivity index (χ2n) is 7.91. The van der Waals surface area contributed by atoms with Gasteiger partial charge in [0.2, 0.25) is 5.91 Å². The Labute approximate surface area is 148 Å². The number of ether oxygens (including phenoxy) is 1. The third kappa shape index (κ3) is 3.60. The SMILES string of the molecule is C[C@H]1COC(=O)N1c1cnc(C2CCN(C(=O)C(C)(C)C)CC2)cn1. The molecule has 136 valence electrons. The number of rotatable bonds is 2. The first-order valence-corrected chi connectivity index (χ1v) is 8.84. The number of carbonyl (C=O) groups is 2. The highest BCUT2D eigenvalue weighted by Crippen LogP contribution is 2.29. The molecule has 0 unspecified atom stereocenters. The topological polar surface area (TPSA) is 75.6 Å². The van der Waals surface area contributed by atoms with Crippen LogP contribution in [0.3, 0.4) is 0 Å². The molecule has 0 bridgehead atoms. The number of likely N-dealkylation sites (tertiary alicyclic amines) is 1. The van der Waals surface area contributed by atoms with Gasteiger partial charge in [-0.3, -0.25) is 14.7 Å². The van der Waals surface area contributed by atoms with Gasteiger partial charge in [0.25, 0.3) is 0 Å². The van der Waals surface area contributed by atoms with Crippen molar-refractivity contribution >= 4 is 17.8 Å². The van der Waals surface area contributed by atoms with E-state index in [1.54, 1.807) is 12.4 Å². The van der Waals surface area contributed by atoms with Crippen LogP contribution in [0.1, 0.15) is 52.1 Å². The summed E-state index contributed by atoms with van der Waals surface area (Å²) in [5.41, 5.74) is 0.585. The fourth-order valence-electron chi connectivity index (χ4n) is 3.35. The Kier molecular flexibility index (Phi) is 4.67. The molecule has 0 spiro atoms. The van der Waals surface area contributed by atoms with Crippen molar-refractivity contribution in [2.75, 3.05) is 24.6 Å². The number of amides is 2. The van der Waals surface area contributed by atoms with E-state index in [2.05, 4.69) is 9.97 Å².